The lowest BCUT2D eigenvalue weighted by Gasteiger charge is -2.23. The molecule has 27 heavy (non-hydrogen) atoms. The maximum Gasteiger partial charge on any atom is 0.338 e. The molecule has 0 spiro atoms. The molecule has 10 heteroatoms. The number of nitrogens with zero attached hydrogens (tertiary/aromatic N) is 1. The number of benzene rings is 1. The molecule has 3 rings (SSSR count). The standard InChI is InChI=1S/C17H21NO8S/c1-18(12-3-6-27(21,22)10-12)15(19)9-26-17(20)11-7-13(23-2)16-14(8-11)24-4-5-25-16/h7-8,12H,3-6,9-10H2,1-2H3/t12-/m0/s1. The highest BCUT2D eigenvalue weighted by Crippen LogP contribution is 2.40. The average molecular weight is 399 g/mol. The minimum Gasteiger partial charge on any atom is -0.493 e. The third-order valence-electron chi connectivity index (χ3n) is 4.54. The van der Waals surface area contributed by atoms with E-state index >= 15 is 0 Å². The van der Waals surface area contributed by atoms with Crippen molar-refractivity contribution in [3.05, 3.63) is 17.7 Å². The van der Waals surface area contributed by atoms with Gasteiger partial charge in [0.15, 0.2) is 27.9 Å². The van der Waals surface area contributed by atoms with Gasteiger partial charge >= 0.3 is 5.97 Å². The van der Waals surface area contributed by atoms with Crippen LogP contribution in [-0.4, -0.2) is 76.7 Å². The molecule has 1 aromatic rings. The Morgan fingerprint density at radius 2 is 2.00 bits per heavy atom. The van der Waals surface area contributed by atoms with E-state index in [1.165, 1.54) is 31.2 Å². The van der Waals surface area contributed by atoms with Crippen LogP contribution in [0.3, 0.4) is 0 Å². The van der Waals surface area contributed by atoms with E-state index in [-0.39, 0.29) is 17.1 Å². The Morgan fingerprint density at radius 3 is 2.67 bits per heavy atom. The van der Waals surface area contributed by atoms with Crippen molar-refractivity contribution in [3.63, 3.8) is 0 Å². The highest BCUT2D eigenvalue weighted by molar-refractivity contribution is 7.91. The molecule has 0 bridgehead atoms. The van der Waals surface area contributed by atoms with E-state index in [1.54, 1.807) is 0 Å². The van der Waals surface area contributed by atoms with Crippen molar-refractivity contribution in [2.45, 2.75) is 12.5 Å². The topological polar surface area (TPSA) is 108 Å². The quantitative estimate of drug-likeness (QED) is 0.649. The fourth-order valence-corrected chi connectivity index (χ4v) is 4.76. The van der Waals surface area contributed by atoms with Crippen molar-refractivity contribution in [3.8, 4) is 17.2 Å². The number of hydrogen-bond donors (Lipinski definition) is 0. The molecule has 1 saturated heterocycles. The lowest BCUT2D eigenvalue weighted by atomic mass is 10.1. The predicted octanol–water partition coefficient (Wildman–Crippen LogP) is 0.269. The number of ether oxygens (including phenoxy) is 4. The number of esters is 1. The zero-order chi connectivity index (χ0) is 19.6. The summed E-state index contributed by atoms with van der Waals surface area (Å²) in [6.45, 7) is 0.246. The summed E-state index contributed by atoms with van der Waals surface area (Å²) in [6.07, 6.45) is 0.387. The molecule has 2 aliphatic heterocycles. The second-order valence-electron chi connectivity index (χ2n) is 6.34. The number of amides is 1. The van der Waals surface area contributed by atoms with E-state index in [0.717, 1.165) is 0 Å². The van der Waals surface area contributed by atoms with Gasteiger partial charge in [-0.1, -0.05) is 0 Å². The van der Waals surface area contributed by atoms with Crippen LogP contribution in [0.5, 0.6) is 17.2 Å². The maximum absolute atomic E-state index is 12.3. The van der Waals surface area contributed by atoms with E-state index in [0.29, 0.717) is 36.9 Å². The Balaban J connectivity index is 1.63. The molecule has 2 heterocycles. The van der Waals surface area contributed by atoms with E-state index in [2.05, 4.69) is 0 Å². The lowest BCUT2D eigenvalue weighted by molar-refractivity contribution is -0.134. The molecule has 0 aliphatic carbocycles. The van der Waals surface area contributed by atoms with Gasteiger partial charge in [0.2, 0.25) is 5.75 Å². The molecule has 0 aromatic heterocycles. The summed E-state index contributed by atoms with van der Waals surface area (Å²) in [5.74, 6) is -0.0697. The molecule has 148 valence electrons. The Kier molecular flexibility index (Phi) is 5.45. The molecule has 1 amide bonds. The van der Waals surface area contributed by atoms with Gasteiger partial charge in [-0.15, -0.1) is 0 Å². The minimum atomic E-state index is -3.11. The molecule has 0 radical (unpaired) electrons. The normalized spacial score (nSPS) is 20.0. The summed E-state index contributed by atoms with van der Waals surface area (Å²) in [5, 5.41) is 0. The van der Waals surface area contributed by atoms with Crippen LogP contribution in [0, 0.1) is 0 Å². The third kappa shape index (κ3) is 4.26. The second kappa shape index (κ2) is 7.63. The molecule has 1 fully saturated rings. The summed E-state index contributed by atoms with van der Waals surface area (Å²) in [5.41, 5.74) is 0.162. The average Bonchev–Trinajstić information content (AvgIpc) is 3.03. The molecule has 0 unspecified atom stereocenters. The molecule has 2 aliphatic rings. The van der Waals surface area contributed by atoms with Crippen molar-refractivity contribution in [1.29, 1.82) is 0 Å². The highest BCUT2D eigenvalue weighted by Gasteiger charge is 2.33. The van der Waals surface area contributed by atoms with Gasteiger partial charge in [0.05, 0.1) is 24.2 Å². The largest absolute Gasteiger partial charge is 0.493 e. The van der Waals surface area contributed by atoms with Gasteiger partial charge in [-0.05, 0) is 18.6 Å². The van der Waals surface area contributed by atoms with Gasteiger partial charge in [-0.3, -0.25) is 4.79 Å². The Morgan fingerprint density at radius 1 is 1.26 bits per heavy atom. The van der Waals surface area contributed by atoms with Crippen LogP contribution in [0.1, 0.15) is 16.8 Å². The molecule has 1 aromatic carbocycles. The Hall–Kier alpha value is -2.49. The van der Waals surface area contributed by atoms with Gasteiger partial charge in [0.25, 0.3) is 5.91 Å². The summed E-state index contributed by atoms with van der Waals surface area (Å²) in [7, 11) is -0.156. The summed E-state index contributed by atoms with van der Waals surface area (Å²) >= 11 is 0. The van der Waals surface area contributed by atoms with E-state index < -0.39 is 34.4 Å². The monoisotopic (exact) mass is 399 g/mol. The van der Waals surface area contributed by atoms with Crippen LogP contribution >= 0.6 is 0 Å². The number of carbonyl (C=O) groups is 2. The maximum atomic E-state index is 12.3. The van der Waals surface area contributed by atoms with Crippen molar-refractivity contribution >= 4 is 21.7 Å². The number of fused-ring (bicyclic) bond motifs is 1. The molecular formula is C17H21NO8S. The SMILES string of the molecule is COc1cc(C(=O)OCC(=O)N(C)[C@H]2CCS(=O)(=O)C2)cc2c1OCCO2. The minimum absolute atomic E-state index is 0.0616. The lowest BCUT2D eigenvalue weighted by Crippen LogP contribution is -2.40. The first-order valence-corrected chi connectivity index (χ1v) is 10.2. The van der Waals surface area contributed by atoms with Crippen LogP contribution < -0.4 is 14.2 Å². The molecule has 9 nitrogen and oxygen atoms in total. The summed E-state index contributed by atoms with van der Waals surface area (Å²) in [6, 6.07) is 2.53. The van der Waals surface area contributed by atoms with Gasteiger partial charge in [-0.25, -0.2) is 13.2 Å². The first-order valence-electron chi connectivity index (χ1n) is 8.41. The van der Waals surface area contributed by atoms with Gasteiger partial charge in [0, 0.05) is 13.1 Å². The van der Waals surface area contributed by atoms with Crippen LogP contribution in [-0.2, 0) is 19.4 Å². The van der Waals surface area contributed by atoms with E-state index in [4.69, 9.17) is 18.9 Å². The second-order valence-corrected chi connectivity index (χ2v) is 8.57. The van der Waals surface area contributed by atoms with Crippen molar-refractivity contribution < 1.29 is 37.0 Å². The van der Waals surface area contributed by atoms with E-state index in [9.17, 15) is 18.0 Å². The zero-order valence-corrected chi connectivity index (χ0v) is 15.9. The van der Waals surface area contributed by atoms with Gasteiger partial charge < -0.3 is 23.8 Å². The first-order chi connectivity index (χ1) is 12.8. The third-order valence-corrected chi connectivity index (χ3v) is 6.29. The fourth-order valence-electron chi connectivity index (χ4n) is 2.99. The number of hydrogen-bond acceptors (Lipinski definition) is 8. The number of methoxy groups -OCH3 is 1. The molecule has 1 atom stereocenters. The molecule has 0 N–H and O–H groups in total. The van der Waals surface area contributed by atoms with Crippen LogP contribution in [0.15, 0.2) is 12.1 Å². The fraction of sp³-hybridized carbons (Fsp3) is 0.529. The van der Waals surface area contributed by atoms with Crippen molar-refractivity contribution in [2.75, 3.05) is 45.5 Å². The van der Waals surface area contributed by atoms with Crippen molar-refractivity contribution in [1.82, 2.24) is 4.90 Å². The molecular weight excluding hydrogens is 378 g/mol. The first kappa shape index (κ1) is 19.3. The predicted molar refractivity (Wildman–Crippen MR) is 94.1 cm³/mol. The Labute approximate surface area is 157 Å². The number of likely N-dealkylation sites (N-methyl/N-ethyl adjacent to an activating group) is 1. The number of rotatable bonds is 5. The number of carbonyl (C=O) groups excluding carboxylic acids is 2. The van der Waals surface area contributed by atoms with Crippen LogP contribution in [0.25, 0.3) is 0 Å². The smallest absolute Gasteiger partial charge is 0.338 e. The van der Waals surface area contributed by atoms with Crippen LogP contribution in [0.2, 0.25) is 0 Å². The zero-order valence-electron chi connectivity index (χ0n) is 15.1. The summed E-state index contributed by atoms with van der Waals surface area (Å²) in [4.78, 5) is 25.8. The van der Waals surface area contributed by atoms with Crippen LogP contribution in [0.4, 0.5) is 0 Å². The van der Waals surface area contributed by atoms with Gasteiger partial charge in [0.1, 0.15) is 13.2 Å². The summed E-state index contributed by atoms with van der Waals surface area (Å²) < 4.78 is 44.3. The van der Waals surface area contributed by atoms with Crippen molar-refractivity contribution in [2.24, 2.45) is 0 Å². The molecule has 0 saturated carbocycles. The Bertz CT molecular complexity index is 833. The number of sulfone groups is 1. The van der Waals surface area contributed by atoms with E-state index in [1.807, 2.05) is 0 Å². The highest BCUT2D eigenvalue weighted by atomic mass is 32.2. The van der Waals surface area contributed by atoms with Gasteiger partial charge in [-0.2, -0.15) is 0 Å².